The number of rotatable bonds is 4. The molecular formula is C17H21FN4. The molecule has 0 radical (unpaired) electrons. The maximum absolute atomic E-state index is 13.6. The third kappa shape index (κ3) is 3.25. The van der Waals surface area contributed by atoms with Crippen molar-refractivity contribution in [2.75, 3.05) is 25.5 Å². The normalized spacial score (nSPS) is 14.7. The Hall–Kier alpha value is -2.01. The van der Waals surface area contributed by atoms with Gasteiger partial charge in [0.2, 0.25) is 0 Å². The summed E-state index contributed by atoms with van der Waals surface area (Å²) in [6.07, 6.45) is 1.60. The Morgan fingerprint density at radius 3 is 2.91 bits per heavy atom. The van der Waals surface area contributed by atoms with E-state index in [1.807, 2.05) is 19.1 Å². The molecular weight excluding hydrogens is 279 g/mol. The van der Waals surface area contributed by atoms with Gasteiger partial charge in [-0.3, -0.25) is 0 Å². The molecule has 0 unspecified atom stereocenters. The smallest absolute Gasteiger partial charge is 0.133 e. The van der Waals surface area contributed by atoms with Crippen molar-refractivity contribution in [3.63, 3.8) is 0 Å². The van der Waals surface area contributed by atoms with Gasteiger partial charge in [-0.15, -0.1) is 0 Å². The SMILES string of the molecule is Cc1nc2c(c(NCCc3ccccc3F)n1)CCN(C)C2. The van der Waals surface area contributed by atoms with Gasteiger partial charge in [-0.05, 0) is 38.4 Å². The van der Waals surface area contributed by atoms with Gasteiger partial charge in [-0.2, -0.15) is 0 Å². The maximum atomic E-state index is 13.6. The van der Waals surface area contributed by atoms with Gasteiger partial charge in [-0.1, -0.05) is 18.2 Å². The van der Waals surface area contributed by atoms with Crippen LogP contribution in [0.5, 0.6) is 0 Å². The van der Waals surface area contributed by atoms with Crippen LogP contribution in [0.15, 0.2) is 24.3 Å². The van der Waals surface area contributed by atoms with Crippen molar-refractivity contribution in [2.45, 2.75) is 26.3 Å². The molecule has 0 amide bonds. The van der Waals surface area contributed by atoms with E-state index in [4.69, 9.17) is 0 Å². The van der Waals surface area contributed by atoms with E-state index in [1.165, 1.54) is 11.6 Å². The Labute approximate surface area is 130 Å². The first-order chi connectivity index (χ1) is 10.6. The van der Waals surface area contributed by atoms with Gasteiger partial charge in [0.1, 0.15) is 17.5 Å². The minimum Gasteiger partial charge on any atom is -0.369 e. The maximum Gasteiger partial charge on any atom is 0.133 e. The number of aromatic nitrogens is 2. The predicted octanol–water partition coefficient (Wildman–Crippen LogP) is 2.57. The molecule has 0 spiro atoms. The number of aryl methyl sites for hydroxylation is 1. The first kappa shape index (κ1) is 14.9. The standard InChI is InChI=1S/C17H21FN4/c1-12-20-16-11-22(2)10-8-14(16)17(21-12)19-9-7-13-5-3-4-6-15(13)18/h3-6H,7-11H2,1-2H3,(H,19,20,21). The molecule has 116 valence electrons. The summed E-state index contributed by atoms with van der Waals surface area (Å²) in [5.74, 6) is 1.54. The Morgan fingerprint density at radius 1 is 1.27 bits per heavy atom. The van der Waals surface area contributed by atoms with Crippen molar-refractivity contribution in [1.82, 2.24) is 14.9 Å². The molecule has 0 saturated heterocycles. The number of hydrogen-bond acceptors (Lipinski definition) is 4. The van der Waals surface area contributed by atoms with Crippen LogP contribution in [0.3, 0.4) is 0 Å². The van der Waals surface area contributed by atoms with Crippen molar-refractivity contribution < 1.29 is 4.39 Å². The van der Waals surface area contributed by atoms with Gasteiger partial charge in [0.15, 0.2) is 0 Å². The van der Waals surface area contributed by atoms with E-state index in [9.17, 15) is 4.39 Å². The van der Waals surface area contributed by atoms with Crippen LogP contribution in [0, 0.1) is 12.7 Å². The Kier molecular flexibility index (Phi) is 4.34. The zero-order valence-corrected chi connectivity index (χ0v) is 13.1. The van der Waals surface area contributed by atoms with Crippen LogP contribution in [0.25, 0.3) is 0 Å². The molecule has 5 heteroatoms. The van der Waals surface area contributed by atoms with E-state index in [1.54, 1.807) is 6.07 Å². The first-order valence-electron chi connectivity index (χ1n) is 7.65. The highest BCUT2D eigenvalue weighted by Crippen LogP contribution is 2.23. The number of nitrogens with zero attached hydrogens (tertiary/aromatic N) is 3. The third-order valence-corrected chi connectivity index (χ3v) is 4.01. The first-order valence-corrected chi connectivity index (χ1v) is 7.65. The highest BCUT2D eigenvalue weighted by atomic mass is 19.1. The largest absolute Gasteiger partial charge is 0.369 e. The highest BCUT2D eigenvalue weighted by molar-refractivity contribution is 5.48. The van der Waals surface area contributed by atoms with Gasteiger partial charge in [0.05, 0.1) is 5.69 Å². The lowest BCUT2D eigenvalue weighted by molar-refractivity contribution is 0.307. The molecule has 4 nitrogen and oxygen atoms in total. The number of nitrogens with one attached hydrogen (secondary N) is 1. The number of benzene rings is 1. The molecule has 2 heterocycles. The van der Waals surface area contributed by atoms with Gasteiger partial charge in [0, 0.05) is 25.2 Å². The van der Waals surface area contributed by atoms with Gasteiger partial charge < -0.3 is 10.2 Å². The summed E-state index contributed by atoms with van der Waals surface area (Å²) in [6, 6.07) is 6.91. The Balaban J connectivity index is 1.72. The zero-order chi connectivity index (χ0) is 15.5. The summed E-state index contributed by atoms with van der Waals surface area (Å²) in [4.78, 5) is 11.3. The van der Waals surface area contributed by atoms with Crippen molar-refractivity contribution in [1.29, 1.82) is 0 Å². The second kappa shape index (κ2) is 6.40. The van der Waals surface area contributed by atoms with Crippen molar-refractivity contribution >= 4 is 5.82 Å². The lowest BCUT2D eigenvalue weighted by Crippen LogP contribution is -2.29. The molecule has 0 atom stereocenters. The summed E-state index contributed by atoms with van der Waals surface area (Å²) >= 11 is 0. The molecule has 0 saturated carbocycles. The topological polar surface area (TPSA) is 41.1 Å². The number of hydrogen-bond donors (Lipinski definition) is 1. The third-order valence-electron chi connectivity index (χ3n) is 4.01. The van der Waals surface area contributed by atoms with Crippen LogP contribution in [0.1, 0.15) is 22.6 Å². The van der Waals surface area contributed by atoms with E-state index in [-0.39, 0.29) is 5.82 Å². The minimum atomic E-state index is -0.146. The summed E-state index contributed by atoms with van der Waals surface area (Å²) < 4.78 is 13.6. The average Bonchev–Trinajstić information content (AvgIpc) is 2.48. The molecule has 2 aromatic rings. The average molecular weight is 300 g/mol. The lowest BCUT2D eigenvalue weighted by atomic mass is 10.1. The van der Waals surface area contributed by atoms with Crippen molar-refractivity contribution in [2.24, 2.45) is 0 Å². The monoisotopic (exact) mass is 300 g/mol. The molecule has 0 aliphatic carbocycles. The van der Waals surface area contributed by atoms with Crippen LogP contribution in [-0.4, -0.2) is 35.0 Å². The molecule has 22 heavy (non-hydrogen) atoms. The predicted molar refractivity (Wildman–Crippen MR) is 85.4 cm³/mol. The number of fused-ring (bicyclic) bond motifs is 1. The van der Waals surface area contributed by atoms with E-state index < -0.39 is 0 Å². The zero-order valence-electron chi connectivity index (χ0n) is 13.1. The molecule has 1 aromatic carbocycles. The van der Waals surface area contributed by atoms with E-state index in [2.05, 4.69) is 27.2 Å². The van der Waals surface area contributed by atoms with Gasteiger partial charge >= 0.3 is 0 Å². The van der Waals surface area contributed by atoms with Crippen LogP contribution >= 0.6 is 0 Å². The van der Waals surface area contributed by atoms with E-state index in [0.717, 1.165) is 42.4 Å². The summed E-state index contributed by atoms with van der Waals surface area (Å²) in [6.45, 7) is 4.46. The number of likely N-dealkylation sites (N-methyl/N-ethyl adjacent to an activating group) is 1. The minimum absolute atomic E-state index is 0.146. The van der Waals surface area contributed by atoms with Gasteiger partial charge in [-0.25, -0.2) is 14.4 Å². The molecule has 3 rings (SSSR count). The van der Waals surface area contributed by atoms with E-state index in [0.29, 0.717) is 13.0 Å². The second-order valence-corrected chi connectivity index (χ2v) is 5.80. The van der Waals surface area contributed by atoms with Crippen LogP contribution in [-0.2, 0) is 19.4 Å². The van der Waals surface area contributed by atoms with E-state index >= 15 is 0 Å². The molecule has 1 aliphatic heterocycles. The molecule has 1 aliphatic rings. The fourth-order valence-corrected chi connectivity index (χ4v) is 2.85. The number of halogens is 1. The second-order valence-electron chi connectivity index (χ2n) is 5.80. The van der Waals surface area contributed by atoms with Crippen LogP contribution < -0.4 is 5.32 Å². The van der Waals surface area contributed by atoms with Crippen molar-refractivity contribution in [3.05, 3.63) is 52.7 Å². The summed E-state index contributed by atoms with van der Waals surface area (Å²) in [5, 5.41) is 3.37. The highest BCUT2D eigenvalue weighted by Gasteiger charge is 2.19. The van der Waals surface area contributed by atoms with Crippen LogP contribution in [0.4, 0.5) is 10.2 Å². The van der Waals surface area contributed by atoms with Crippen molar-refractivity contribution in [3.8, 4) is 0 Å². The van der Waals surface area contributed by atoms with Gasteiger partial charge in [0.25, 0.3) is 0 Å². The fourth-order valence-electron chi connectivity index (χ4n) is 2.85. The van der Waals surface area contributed by atoms with Crippen LogP contribution in [0.2, 0.25) is 0 Å². The Bertz CT molecular complexity index is 672. The lowest BCUT2D eigenvalue weighted by Gasteiger charge is -2.26. The molecule has 0 bridgehead atoms. The summed E-state index contributed by atoms with van der Waals surface area (Å²) in [7, 11) is 2.10. The Morgan fingerprint density at radius 2 is 2.09 bits per heavy atom. The quantitative estimate of drug-likeness (QED) is 0.942. The number of anilines is 1. The molecule has 1 N–H and O–H groups in total. The summed E-state index contributed by atoms with van der Waals surface area (Å²) in [5.41, 5.74) is 3.04. The molecule has 1 aromatic heterocycles. The fraction of sp³-hybridized carbons (Fsp3) is 0.412. The molecule has 0 fully saturated rings.